The Morgan fingerprint density at radius 3 is 2.31 bits per heavy atom. The molecule has 0 aliphatic carbocycles. The van der Waals surface area contributed by atoms with E-state index in [2.05, 4.69) is 0 Å². The summed E-state index contributed by atoms with van der Waals surface area (Å²) in [6.45, 7) is 0. The number of hydrogen-bond acceptors (Lipinski definition) is 6. The lowest BCUT2D eigenvalue weighted by Crippen LogP contribution is -2.11. The molecule has 0 spiro atoms. The van der Waals surface area contributed by atoms with Gasteiger partial charge in [-0.2, -0.15) is 8.42 Å². The number of carbonyl (C=O) groups excluding carboxylic acids is 2. The average molecular weight is 244 g/mol. The summed E-state index contributed by atoms with van der Waals surface area (Å²) in [6, 6.07) is 1.95. The molecule has 0 radical (unpaired) electrons. The molecule has 0 unspecified atom stereocenters. The molecule has 1 aromatic carbocycles. The second kappa shape index (κ2) is 3.91. The molecule has 0 aliphatic heterocycles. The topological polar surface area (TPSA) is 141 Å². The minimum absolute atomic E-state index is 0.0289. The molecule has 0 saturated heterocycles. The summed E-state index contributed by atoms with van der Waals surface area (Å²) in [5, 5.41) is 0. The molecule has 0 bridgehead atoms. The summed E-state index contributed by atoms with van der Waals surface area (Å²) in [5.41, 5.74) is 9.69. The fourth-order valence-corrected chi connectivity index (χ4v) is 1.80. The minimum Gasteiger partial charge on any atom is -0.399 e. The van der Waals surface area contributed by atoms with E-state index in [0.29, 0.717) is 0 Å². The smallest absolute Gasteiger partial charge is 0.296 e. The van der Waals surface area contributed by atoms with E-state index in [-0.39, 0.29) is 17.5 Å². The lowest BCUT2D eigenvalue weighted by Gasteiger charge is -2.07. The summed E-state index contributed by atoms with van der Waals surface area (Å²) in [6.07, 6.45) is -0.0289. The van der Waals surface area contributed by atoms with E-state index < -0.39 is 26.5 Å². The number of aldehydes is 1. The molecule has 0 aromatic heterocycles. The summed E-state index contributed by atoms with van der Waals surface area (Å²) in [7, 11) is -4.59. The number of anilines is 2. The Hall–Kier alpha value is -1.93. The molecular weight excluding hydrogens is 236 g/mol. The number of benzene rings is 1. The Morgan fingerprint density at radius 1 is 1.31 bits per heavy atom. The fraction of sp³-hybridized carbons (Fsp3) is 0. The van der Waals surface area contributed by atoms with Crippen LogP contribution in [0.4, 0.5) is 11.4 Å². The Balaban J connectivity index is 3.62. The van der Waals surface area contributed by atoms with Crippen molar-refractivity contribution in [2.45, 2.75) is 4.90 Å². The summed E-state index contributed by atoms with van der Waals surface area (Å²) in [4.78, 5) is 20.7. The van der Waals surface area contributed by atoms with Crippen LogP contribution in [0.1, 0.15) is 10.4 Å². The van der Waals surface area contributed by atoms with E-state index in [1.54, 1.807) is 0 Å². The third-order valence-corrected chi connectivity index (χ3v) is 2.71. The number of hydrogen-bond donors (Lipinski definition) is 3. The van der Waals surface area contributed by atoms with E-state index in [4.69, 9.17) is 16.0 Å². The SMILES string of the molecule is Nc1cc(C(=O)C=O)c(N)c(S(=O)(=O)O)c1. The van der Waals surface area contributed by atoms with Gasteiger partial charge < -0.3 is 11.5 Å². The van der Waals surface area contributed by atoms with Crippen molar-refractivity contribution in [1.29, 1.82) is 0 Å². The van der Waals surface area contributed by atoms with Crippen LogP contribution in [0.5, 0.6) is 0 Å². The van der Waals surface area contributed by atoms with E-state index >= 15 is 0 Å². The van der Waals surface area contributed by atoms with Crippen LogP contribution in [-0.4, -0.2) is 25.0 Å². The van der Waals surface area contributed by atoms with Crippen LogP contribution >= 0.6 is 0 Å². The molecule has 0 amide bonds. The van der Waals surface area contributed by atoms with Crippen LogP contribution in [0.2, 0.25) is 0 Å². The van der Waals surface area contributed by atoms with E-state index in [0.717, 1.165) is 12.1 Å². The quantitative estimate of drug-likeness (QED) is 0.213. The van der Waals surface area contributed by atoms with Gasteiger partial charge in [-0.1, -0.05) is 0 Å². The molecule has 1 aromatic rings. The Morgan fingerprint density at radius 2 is 1.88 bits per heavy atom. The highest BCUT2D eigenvalue weighted by molar-refractivity contribution is 7.86. The van der Waals surface area contributed by atoms with Crippen LogP contribution in [0.3, 0.4) is 0 Å². The van der Waals surface area contributed by atoms with Gasteiger partial charge in [0.25, 0.3) is 10.1 Å². The van der Waals surface area contributed by atoms with Gasteiger partial charge in [0.1, 0.15) is 4.90 Å². The van der Waals surface area contributed by atoms with Crippen LogP contribution in [0.25, 0.3) is 0 Å². The van der Waals surface area contributed by atoms with Crippen molar-refractivity contribution in [2.24, 2.45) is 0 Å². The summed E-state index contributed by atoms with van der Waals surface area (Å²) >= 11 is 0. The second-order valence-corrected chi connectivity index (χ2v) is 4.33. The Bertz CT molecular complexity index is 564. The summed E-state index contributed by atoms with van der Waals surface area (Å²) in [5.74, 6) is -1.02. The molecule has 0 aliphatic rings. The molecule has 0 atom stereocenters. The van der Waals surface area contributed by atoms with Crippen molar-refractivity contribution in [3.63, 3.8) is 0 Å². The normalized spacial score (nSPS) is 11.1. The first kappa shape index (κ1) is 12.1. The van der Waals surface area contributed by atoms with Gasteiger partial charge in [-0.3, -0.25) is 14.1 Å². The van der Waals surface area contributed by atoms with Gasteiger partial charge >= 0.3 is 0 Å². The number of ketones is 1. The van der Waals surface area contributed by atoms with Crippen molar-refractivity contribution in [1.82, 2.24) is 0 Å². The fourth-order valence-electron chi connectivity index (χ4n) is 1.13. The van der Waals surface area contributed by atoms with Crippen molar-refractivity contribution in [3.8, 4) is 0 Å². The van der Waals surface area contributed by atoms with Gasteiger partial charge in [-0.05, 0) is 12.1 Å². The zero-order valence-electron chi connectivity index (χ0n) is 7.88. The predicted octanol–water partition coefficient (Wildman–Crippen LogP) is -0.521. The predicted molar refractivity (Wildman–Crippen MR) is 55.5 cm³/mol. The third kappa shape index (κ3) is 2.18. The van der Waals surface area contributed by atoms with Crippen molar-refractivity contribution >= 4 is 33.6 Å². The van der Waals surface area contributed by atoms with Gasteiger partial charge in [0, 0.05) is 5.69 Å². The maximum atomic E-state index is 11.1. The first-order chi connectivity index (χ1) is 7.27. The highest BCUT2D eigenvalue weighted by Gasteiger charge is 2.20. The molecule has 8 heteroatoms. The van der Waals surface area contributed by atoms with Crippen LogP contribution in [-0.2, 0) is 14.9 Å². The number of carbonyl (C=O) groups is 2. The molecule has 5 N–H and O–H groups in total. The number of Topliss-reactive ketones (excluding diaryl/α,β-unsaturated/α-hetero) is 1. The molecule has 0 fully saturated rings. The van der Waals surface area contributed by atoms with Crippen LogP contribution < -0.4 is 11.5 Å². The third-order valence-electron chi connectivity index (χ3n) is 1.81. The average Bonchev–Trinajstić information content (AvgIpc) is 2.18. The van der Waals surface area contributed by atoms with Crippen LogP contribution in [0, 0.1) is 0 Å². The van der Waals surface area contributed by atoms with Crippen molar-refractivity contribution in [3.05, 3.63) is 17.7 Å². The molecular formula is C8H8N2O5S. The monoisotopic (exact) mass is 244 g/mol. The van der Waals surface area contributed by atoms with E-state index in [1.807, 2.05) is 0 Å². The van der Waals surface area contributed by atoms with Gasteiger partial charge in [0.15, 0.2) is 6.29 Å². The second-order valence-electron chi connectivity index (χ2n) is 2.94. The maximum Gasteiger partial charge on any atom is 0.296 e. The largest absolute Gasteiger partial charge is 0.399 e. The molecule has 16 heavy (non-hydrogen) atoms. The number of nitrogens with two attached hydrogens (primary N) is 2. The van der Waals surface area contributed by atoms with Crippen LogP contribution in [0.15, 0.2) is 17.0 Å². The van der Waals surface area contributed by atoms with E-state index in [1.165, 1.54) is 0 Å². The first-order valence-electron chi connectivity index (χ1n) is 3.93. The van der Waals surface area contributed by atoms with Gasteiger partial charge in [-0.15, -0.1) is 0 Å². The molecule has 86 valence electrons. The highest BCUT2D eigenvalue weighted by atomic mass is 32.2. The Kier molecular flexibility index (Phi) is 2.97. The Labute approximate surface area is 90.8 Å². The standard InChI is InChI=1S/C8H8N2O5S/c9-4-1-5(6(12)3-11)8(10)7(2-4)16(13,14)15/h1-3H,9-10H2,(H,13,14,15). The molecule has 1 rings (SSSR count). The maximum absolute atomic E-state index is 11.1. The number of nitrogen functional groups attached to an aromatic ring is 2. The van der Waals surface area contributed by atoms with Crippen molar-refractivity contribution in [2.75, 3.05) is 11.5 Å². The minimum atomic E-state index is -4.59. The number of rotatable bonds is 3. The van der Waals surface area contributed by atoms with E-state index in [9.17, 15) is 18.0 Å². The highest BCUT2D eigenvalue weighted by Crippen LogP contribution is 2.25. The van der Waals surface area contributed by atoms with Gasteiger partial charge in [0.2, 0.25) is 5.78 Å². The van der Waals surface area contributed by atoms with Gasteiger partial charge in [-0.25, -0.2) is 0 Å². The summed E-state index contributed by atoms with van der Waals surface area (Å²) < 4.78 is 30.6. The molecule has 7 nitrogen and oxygen atoms in total. The van der Waals surface area contributed by atoms with Crippen molar-refractivity contribution < 1.29 is 22.6 Å². The first-order valence-corrected chi connectivity index (χ1v) is 5.37. The lowest BCUT2D eigenvalue weighted by atomic mass is 10.1. The zero-order valence-corrected chi connectivity index (χ0v) is 8.69. The lowest BCUT2D eigenvalue weighted by molar-refractivity contribution is -0.104. The van der Waals surface area contributed by atoms with Gasteiger partial charge in [0.05, 0.1) is 11.3 Å². The zero-order chi connectivity index (χ0) is 12.5. The molecule has 0 saturated carbocycles. The molecule has 0 heterocycles.